The van der Waals surface area contributed by atoms with Crippen LogP contribution in [0.25, 0.3) is 0 Å². The number of hydrogen-bond acceptors (Lipinski definition) is 2. The predicted molar refractivity (Wildman–Crippen MR) is 62.1 cm³/mol. The first kappa shape index (κ1) is 11.8. The summed E-state index contributed by atoms with van der Waals surface area (Å²) in [5, 5.41) is 0.406. The van der Waals surface area contributed by atoms with Gasteiger partial charge in [-0.25, -0.2) is 4.39 Å². The quantitative estimate of drug-likeness (QED) is 0.866. The molecule has 1 fully saturated rings. The van der Waals surface area contributed by atoms with Gasteiger partial charge >= 0.3 is 0 Å². The Labute approximate surface area is 99.5 Å². The SMILES string of the molecule is CC1OCCC1(N)Cc1ccc(Cl)cc1F. The van der Waals surface area contributed by atoms with E-state index in [0.29, 0.717) is 23.6 Å². The highest BCUT2D eigenvalue weighted by Gasteiger charge is 2.38. The zero-order chi connectivity index (χ0) is 11.8. The molecule has 0 bridgehead atoms. The molecule has 0 spiro atoms. The minimum Gasteiger partial charge on any atom is -0.377 e. The highest BCUT2D eigenvalue weighted by molar-refractivity contribution is 6.30. The molecular formula is C12H15ClFNO. The molecule has 2 N–H and O–H groups in total. The molecule has 0 aliphatic carbocycles. The van der Waals surface area contributed by atoms with Crippen molar-refractivity contribution in [1.29, 1.82) is 0 Å². The van der Waals surface area contributed by atoms with E-state index in [1.54, 1.807) is 12.1 Å². The Morgan fingerprint density at radius 2 is 2.38 bits per heavy atom. The van der Waals surface area contributed by atoms with Gasteiger partial charge in [-0.15, -0.1) is 0 Å². The van der Waals surface area contributed by atoms with E-state index >= 15 is 0 Å². The molecule has 1 heterocycles. The molecule has 2 nitrogen and oxygen atoms in total. The second-order valence-electron chi connectivity index (χ2n) is 4.41. The fourth-order valence-corrected chi connectivity index (χ4v) is 2.21. The van der Waals surface area contributed by atoms with Crippen molar-refractivity contribution in [2.75, 3.05) is 6.61 Å². The summed E-state index contributed by atoms with van der Waals surface area (Å²) in [5.41, 5.74) is 6.35. The maximum atomic E-state index is 13.6. The summed E-state index contributed by atoms with van der Waals surface area (Å²) in [6.45, 7) is 2.58. The molecule has 0 amide bonds. The van der Waals surface area contributed by atoms with Crippen LogP contribution in [-0.4, -0.2) is 18.2 Å². The first-order valence-electron chi connectivity index (χ1n) is 5.36. The number of benzene rings is 1. The Kier molecular flexibility index (Phi) is 3.19. The van der Waals surface area contributed by atoms with Gasteiger partial charge in [0, 0.05) is 17.2 Å². The average molecular weight is 244 g/mol. The molecule has 1 aliphatic heterocycles. The van der Waals surface area contributed by atoms with E-state index < -0.39 is 5.54 Å². The molecule has 1 aliphatic rings. The van der Waals surface area contributed by atoms with Gasteiger partial charge in [0.25, 0.3) is 0 Å². The zero-order valence-corrected chi connectivity index (χ0v) is 9.93. The van der Waals surface area contributed by atoms with E-state index in [-0.39, 0.29) is 11.9 Å². The normalized spacial score (nSPS) is 29.6. The van der Waals surface area contributed by atoms with Crippen molar-refractivity contribution in [2.45, 2.75) is 31.4 Å². The van der Waals surface area contributed by atoms with E-state index in [1.165, 1.54) is 6.07 Å². The number of halogens is 2. The molecule has 4 heteroatoms. The van der Waals surface area contributed by atoms with E-state index in [9.17, 15) is 4.39 Å². The van der Waals surface area contributed by atoms with Crippen LogP contribution in [0.15, 0.2) is 18.2 Å². The fourth-order valence-electron chi connectivity index (χ4n) is 2.05. The Balaban J connectivity index is 2.20. The standard InChI is InChI=1S/C12H15ClFNO/c1-8-12(15,4-5-16-8)7-9-2-3-10(13)6-11(9)14/h2-3,6,8H,4-5,7,15H2,1H3. The van der Waals surface area contributed by atoms with Crippen LogP contribution in [0.4, 0.5) is 4.39 Å². The van der Waals surface area contributed by atoms with Gasteiger partial charge in [-0.1, -0.05) is 17.7 Å². The van der Waals surface area contributed by atoms with Crippen LogP contribution in [0.2, 0.25) is 5.02 Å². The number of hydrogen-bond donors (Lipinski definition) is 1. The largest absolute Gasteiger partial charge is 0.377 e. The maximum absolute atomic E-state index is 13.6. The van der Waals surface area contributed by atoms with Crippen LogP contribution in [0.5, 0.6) is 0 Å². The summed E-state index contributed by atoms with van der Waals surface area (Å²) in [6.07, 6.45) is 1.20. The molecular weight excluding hydrogens is 229 g/mol. The fraction of sp³-hybridized carbons (Fsp3) is 0.500. The Hall–Kier alpha value is -0.640. The summed E-state index contributed by atoms with van der Waals surface area (Å²) < 4.78 is 19.1. The molecule has 2 unspecified atom stereocenters. The van der Waals surface area contributed by atoms with Crippen LogP contribution in [0.1, 0.15) is 18.9 Å². The Morgan fingerprint density at radius 3 is 2.94 bits per heavy atom. The van der Waals surface area contributed by atoms with Crippen molar-refractivity contribution >= 4 is 11.6 Å². The second-order valence-corrected chi connectivity index (χ2v) is 4.85. The first-order valence-corrected chi connectivity index (χ1v) is 5.73. The van der Waals surface area contributed by atoms with E-state index in [4.69, 9.17) is 22.1 Å². The van der Waals surface area contributed by atoms with Crippen LogP contribution in [-0.2, 0) is 11.2 Å². The van der Waals surface area contributed by atoms with Gasteiger partial charge in [0.2, 0.25) is 0 Å². The molecule has 2 rings (SSSR count). The van der Waals surface area contributed by atoms with Crippen molar-refractivity contribution < 1.29 is 9.13 Å². The topological polar surface area (TPSA) is 35.2 Å². The lowest BCUT2D eigenvalue weighted by Crippen LogP contribution is -2.48. The average Bonchev–Trinajstić information content (AvgIpc) is 2.52. The number of rotatable bonds is 2. The smallest absolute Gasteiger partial charge is 0.127 e. The van der Waals surface area contributed by atoms with Gasteiger partial charge in [-0.05, 0) is 37.5 Å². The van der Waals surface area contributed by atoms with Gasteiger partial charge in [-0.2, -0.15) is 0 Å². The lowest BCUT2D eigenvalue weighted by atomic mass is 9.86. The lowest BCUT2D eigenvalue weighted by Gasteiger charge is -2.27. The van der Waals surface area contributed by atoms with Crippen LogP contribution >= 0.6 is 11.6 Å². The van der Waals surface area contributed by atoms with Crippen molar-refractivity contribution in [3.05, 3.63) is 34.6 Å². The van der Waals surface area contributed by atoms with E-state index in [2.05, 4.69) is 0 Å². The first-order chi connectivity index (χ1) is 7.51. The summed E-state index contributed by atoms with van der Waals surface area (Å²) in [6, 6.07) is 4.70. The summed E-state index contributed by atoms with van der Waals surface area (Å²) in [4.78, 5) is 0. The summed E-state index contributed by atoms with van der Waals surface area (Å²) in [5.74, 6) is -0.295. The predicted octanol–water partition coefficient (Wildman–Crippen LogP) is 2.53. The molecule has 88 valence electrons. The molecule has 16 heavy (non-hydrogen) atoms. The van der Waals surface area contributed by atoms with Gasteiger partial charge in [0.1, 0.15) is 5.82 Å². The molecule has 0 saturated carbocycles. The number of ether oxygens (including phenoxy) is 1. The molecule has 2 atom stereocenters. The third-order valence-electron chi connectivity index (χ3n) is 3.28. The van der Waals surface area contributed by atoms with E-state index in [1.807, 2.05) is 6.92 Å². The highest BCUT2D eigenvalue weighted by Crippen LogP contribution is 2.28. The molecule has 1 aromatic rings. The Bertz CT molecular complexity index is 399. The Morgan fingerprint density at radius 1 is 1.62 bits per heavy atom. The highest BCUT2D eigenvalue weighted by atomic mass is 35.5. The van der Waals surface area contributed by atoms with Gasteiger partial charge < -0.3 is 10.5 Å². The summed E-state index contributed by atoms with van der Waals surface area (Å²) in [7, 11) is 0. The van der Waals surface area contributed by atoms with Crippen molar-refractivity contribution in [3.8, 4) is 0 Å². The van der Waals surface area contributed by atoms with Gasteiger partial charge in [0.15, 0.2) is 0 Å². The van der Waals surface area contributed by atoms with Crippen molar-refractivity contribution in [3.63, 3.8) is 0 Å². The van der Waals surface area contributed by atoms with Gasteiger partial charge in [0.05, 0.1) is 6.10 Å². The molecule has 1 saturated heterocycles. The minimum absolute atomic E-state index is 0.0393. The third-order valence-corrected chi connectivity index (χ3v) is 3.51. The monoisotopic (exact) mass is 243 g/mol. The maximum Gasteiger partial charge on any atom is 0.127 e. The lowest BCUT2D eigenvalue weighted by molar-refractivity contribution is 0.0953. The zero-order valence-electron chi connectivity index (χ0n) is 9.17. The van der Waals surface area contributed by atoms with Crippen LogP contribution in [0.3, 0.4) is 0 Å². The van der Waals surface area contributed by atoms with E-state index in [0.717, 1.165) is 6.42 Å². The molecule has 1 aromatic carbocycles. The third kappa shape index (κ3) is 2.21. The molecule has 0 aromatic heterocycles. The minimum atomic E-state index is -0.464. The number of nitrogens with two attached hydrogens (primary N) is 1. The second kappa shape index (κ2) is 4.32. The van der Waals surface area contributed by atoms with Crippen molar-refractivity contribution in [1.82, 2.24) is 0 Å². The van der Waals surface area contributed by atoms with Crippen molar-refractivity contribution in [2.24, 2.45) is 5.73 Å². The van der Waals surface area contributed by atoms with Crippen LogP contribution < -0.4 is 5.73 Å². The van der Waals surface area contributed by atoms with Gasteiger partial charge in [-0.3, -0.25) is 0 Å². The summed E-state index contributed by atoms with van der Waals surface area (Å²) >= 11 is 5.70. The molecule has 0 radical (unpaired) electrons. The van der Waals surface area contributed by atoms with Crippen LogP contribution in [0, 0.1) is 5.82 Å².